The Kier molecular flexibility index (Phi) is 3.39. The molecule has 0 aromatic carbocycles. The molecule has 0 fully saturated rings. The highest BCUT2D eigenvalue weighted by molar-refractivity contribution is 7.57. The van der Waals surface area contributed by atoms with E-state index >= 15 is 0 Å². The molecule has 0 aromatic heterocycles. The molecular formula is C8H14O6P2. The molecule has 0 spiro atoms. The van der Waals surface area contributed by atoms with Crippen molar-refractivity contribution in [2.45, 2.75) is 25.4 Å². The van der Waals surface area contributed by atoms with E-state index in [-0.39, 0.29) is 11.7 Å². The Morgan fingerprint density at radius 1 is 1.25 bits per heavy atom. The molecule has 16 heavy (non-hydrogen) atoms. The molecule has 1 aliphatic rings. The second kappa shape index (κ2) is 3.91. The van der Waals surface area contributed by atoms with E-state index in [1.165, 1.54) is 26.0 Å². The van der Waals surface area contributed by atoms with Crippen LogP contribution in [-0.4, -0.2) is 24.7 Å². The summed E-state index contributed by atoms with van der Waals surface area (Å²) in [7, 11) is -8.91. The van der Waals surface area contributed by atoms with Gasteiger partial charge in [0, 0.05) is 11.7 Å². The molecule has 0 heterocycles. The zero-order valence-corrected chi connectivity index (χ0v) is 10.7. The van der Waals surface area contributed by atoms with E-state index in [4.69, 9.17) is 19.6 Å². The van der Waals surface area contributed by atoms with Gasteiger partial charge in [0.05, 0.1) is 5.16 Å². The molecular weight excluding hydrogens is 254 g/mol. The van der Waals surface area contributed by atoms with Gasteiger partial charge in [-0.3, -0.25) is 9.13 Å². The Hall–Kier alpha value is -0.220. The van der Waals surface area contributed by atoms with Crippen molar-refractivity contribution in [1.82, 2.24) is 0 Å². The lowest BCUT2D eigenvalue weighted by Gasteiger charge is -2.31. The third-order valence-corrected chi connectivity index (χ3v) is 5.54. The highest BCUT2D eigenvalue weighted by Crippen LogP contribution is 2.61. The number of rotatable bonds is 2. The van der Waals surface area contributed by atoms with E-state index in [0.717, 1.165) is 0 Å². The Labute approximate surface area is 93.0 Å². The summed E-state index contributed by atoms with van der Waals surface area (Å²) >= 11 is 0. The first kappa shape index (κ1) is 13.8. The van der Waals surface area contributed by atoms with Crippen LogP contribution in [0.2, 0.25) is 0 Å². The van der Waals surface area contributed by atoms with Gasteiger partial charge < -0.3 is 19.6 Å². The first-order valence-corrected chi connectivity index (χ1v) is 7.70. The first-order valence-electron chi connectivity index (χ1n) is 4.48. The van der Waals surface area contributed by atoms with Gasteiger partial charge >= 0.3 is 15.2 Å². The minimum atomic E-state index is -4.46. The molecule has 92 valence electrons. The molecule has 0 saturated carbocycles. The van der Waals surface area contributed by atoms with Crippen molar-refractivity contribution in [1.29, 1.82) is 0 Å². The van der Waals surface area contributed by atoms with Gasteiger partial charge in [0.1, 0.15) is 0 Å². The summed E-state index contributed by atoms with van der Waals surface area (Å²) < 4.78 is 22.4. The molecule has 4 N–H and O–H groups in total. The highest BCUT2D eigenvalue weighted by Gasteiger charge is 2.45. The lowest BCUT2D eigenvalue weighted by molar-refractivity contribution is 0.342. The maximum atomic E-state index is 11.3. The second-order valence-corrected chi connectivity index (χ2v) is 7.82. The summed E-state index contributed by atoms with van der Waals surface area (Å²) in [5.74, 6) is 0. The van der Waals surface area contributed by atoms with Gasteiger partial charge in [-0.2, -0.15) is 0 Å². The Balaban J connectivity index is 3.24. The van der Waals surface area contributed by atoms with Crippen LogP contribution in [0.25, 0.3) is 0 Å². The average molecular weight is 268 g/mol. The van der Waals surface area contributed by atoms with E-state index in [0.29, 0.717) is 5.57 Å². The van der Waals surface area contributed by atoms with Crippen molar-refractivity contribution in [2.24, 2.45) is 0 Å². The Bertz CT molecular complexity index is 453. The van der Waals surface area contributed by atoms with Crippen LogP contribution in [0.1, 0.15) is 20.3 Å². The molecule has 0 aromatic rings. The van der Waals surface area contributed by atoms with Gasteiger partial charge in [-0.1, -0.05) is 12.2 Å². The van der Waals surface area contributed by atoms with Gasteiger partial charge in [0.2, 0.25) is 0 Å². The molecule has 0 saturated heterocycles. The summed E-state index contributed by atoms with van der Waals surface area (Å²) in [5, 5.41) is -1.75. The second-order valence-electron chi connectivity index (χ2n) is 4.09. The van der Waals surface area contributed by atoms with Crippen LogP contribution in [0.5, 0.6) is 0 Å². The summed E-state index contributed by atoms with van der Waals surface area (Å²) in [4.78, 5) is 36.5. The maximum Gasteiger partial charge on any atom is 0.352 e. The summed E-state index contributed by atoms with van der Waals surface area (Å²) in [6.07, 6.45) is 2.32. The first-order chi connectivity index (χ1) is 6.97. The predicted molar refractivity (Wildman–Crippen MR) is 59.0 cm³/mol. The highest BCUT2D eigenvalue weighted by atomic mass is 31.2. The van der Waals surface area contributed by atoms with E-state index in [9.17, 15) is 9.13 Å². The van der Waals surface area contributed by atoms with Crippen LogP contribution in [0.4, 0.5) is 0 Å². The van der Waals surface area contributed by atoms with Gasteiger partial charge in [-0.25, -0.2) is 0 Å². The maximum absolute atomic E-state index is 11.3. The predicted octanol–water partition coefficient (Wildman–Crippen LogP) is 1.33. The van der Waals surface area contributed by atoms with E-state index < -0.39 is 20.3 Å². The van der Waals surface area contributed by atoms with Crippen LogP contribution in [-0.2, 0) is 9.13 Å². The lowest BCUT2D eigenvalue weighted by Crippen LogP contribution is -2.25. The summed E-state index contributed by atoms with van der Waals surface area (Å²) in [5.41, 5.74) is 0.360. The van der Waals surface area contributed by atoms with Crippen LogP contribution in [0.3, 0.4) is 0 Å². The zero-order valence-electron chi connectivity index (χ0n) is 8.86. The largest absolute Gasteiger partial charge is 0.352 e. The fourth-order valence-electron chi connectivity index (χ4n) is 1.47. The quantitative estimate of drug-likeness (QED) is 0.562. The summed E-state index contributed by atoms with van der Waals surface area (Å²) in [6.45, 7) is 2.79. The average Bonchev–Trinajstić information content (AvgIpc) is 2.05. The van der Waals surface area contributed by atoms with Crippen LogP contribution in [0.15, 0.2) is 23.0 Å². The molecule has 8 heteroatoms. The van der Waals surface area contributed by atoms with Gasteiger partial charge in [-0.05, 0) is 19.4 Å². The lowest BCUT2D eigenvalue weighted by atomic mass is 9.98. The van der Waals surface area contributed by atoms with E-state index in [1.807, 2.05) is 0 Å². The fraction of sp³-hybridized carbons (Fsp3) is 0.500. The Morgan fingerprint density at radius 3 is 2.12 bits per heavy atom. The van der Waals surface area contributed by atoms with Crippen LogP contribution >= 0.6 is 15.2 Å². The SMILES string of the molecule is CC1=C(P(=O)(O)O)CC(C)(P(=O)(O)O)C=C1. The molecule has 0 amide bonds. The standard InChI is InChI=1S/C8H14O6P2/c1-6-3-4-8(2,16(12,13)14)5-7(6)15(9,10)11/h3-4H,5H2,1-2H3,(H2,9,10,11)(H2,12,13,14). The minimum absolute atomic E-state index is 0.208. The van der Waals surface area contributed by atoms with Crippen molar-refractivity contribution in [3.63, 3.8) is 0 Å². The van der Waals surface area contributed by atoms with Crippen molar-refractivity contribution in [3.05, 3.63) is 23.0 Å². The molecule has 1 rings (SSSR count). The molecule has 1 unspecified atom stereocenters. The van der Waals surface area contributed by atoms with Crippen molar-refractivity contribution >= 4 is 15.2 Å². The fourth-order valence-corrected chi connectivity index (χ4v) is 3.30. The monoisotopic (exact) mass is 268 g/mol. The number of hydrogen-bond donors (Lipinski definition) is 4. The van der Waals surface area contributed by atoms with Gasteiger partial charge in [0.25, 0.3) is 0 Å². The smallest absolute Gasteiger partial charge is 0.324 e. The zero-order chi connectivity index (χ0) is 12.8. The topological polar surface area (TPSA) is 115 Å². The minimum Gasteiger partial charge on any atom is -0.324 e. The normalized spacial score (nSPS) is 27.4. The Morgan fingerprint density at radius 2 is 1.75 bits per heavy atom. The molecule has 0 radical (unpaired) electrons. The van der Waals surface area contributed by atoms with Gasteiger partial charge in [0.15, 0.2) is 0 Å². The van der Waals surface area contributed by atoms with E-state index in [1.54, 1.807) is 0 Å². The number of allylic oxidation sites excluding steroid dienone is 4. The van der Waals surface area contributed by atoms with Crippen LogP contribution in [0, 0.1) is 0 Å². The molecule has 0 bridgehead atoms. The van der Waals surface area contributed by atoms with Crippen molar-refractivity contribution in [3.8, 4) is 0 Å². The third kappa shape index (κ3) is 2.54. The number of hydrogen-bond acceptors (Lipinski definition) is 2. The molecule has 1 atom stereocenters. The van der Waals surface area contributed by atoms with Gasteiger partial charge in [-0.15, -0.1) is 0 Å². The molecule has 1 aliphatic carbocycles. The van der Waals surface area contributed by atoms with Crippen LogP contribution < -0.4 is 0 Å². The van der Waals surface area contributed by atoms with Crippen molar-refractivity contribution in [2.75, 3.05) is 0 Å². The van der Waals surface area contributed by atoms with Crippen molar-refractivity contribution < 1.29 is 28.7 Å². The summed E-state index contributed by atoms with van der Waals surface area (Å²) in [6, 6.07) is 0. The molecule has 0 aliphatic heterocycles. The third-order valence-electron chi connectivity index (χ3n) is 2.69. The van der Waals surface area contributed by atoms with E-state index in [2.05, 4.69) is 0 Å². The molecule has 6 nitrogen and oxygen atoms in total.